The van der Waals surface area contributed by atoms with Crippen molar-refractivity contribution in [3.63, 3.8) is 0 Å². The molecule has 1 rings (SSSR count). The molecule has 0 radical (unpaired) electrons. The van der Waals surface area contributed by atoms with Gasteiger partial charge in [0.05, 0.1) is 11.9 Å². The summed E-state index contributed by atoms with van der Waals surface area (Å²) in [5, 5.41) is 3.00. The molecule has 1 aromatic rings. The SMILES string of the molecule is CC(C)(C)Oc1nc(NCCNS(C)(=O)=O)ccc1N. The van der Waals surface area contributed by atoms with Crippen LogP contribution in [0.1, 0.15) is 20.8 Å². The average Bonchev–Trinajstić information content (AvgIpc) is 2.25. The minimum Gasteiger partial charge on any atom is -0.470 e. The maximum Gasteiger partial charge on any atom is 0.239 e. The van der Waals surface area contributed by atoms with Crippen LogP contribution in [0.5, 0.6) is 5.88 Å². The lowest BCUT2D eigenvalue weighted by atomic mass is 10.2. The van der Waals surface area contributed by atoms with Crippen LogP contribution in [0.4, 0.5) is 11.5 Å². The van der Waals surface area contributed by atoms with Crippen molar-refractivity contribution in [1.29, 1.82) is 0 Å². The van der Waals surface area contributed by atoms with Crippen molar-refractivity contribution in [2.75, 3.05) is 30.4 Å². The summed E-state index contributed by atoms with van der Waals surface area (Å²) < 4.78 is 29.8. The van der Waals surface area contributed by atoms with Crippen molar-refractivity contribution < 1.29 is 13.2 Å². The van der Waals surface area contributed by atoms with Crippen molar-refractivity contribution in [3.05, 3.63) is 12.1 Å². The highest BCUT2D eigenvalue weighted by Crippen LogP contribution is 2.24. The topological polar surface area (TPSA) is 106 Å². The van der Waals surface area contributed by atoms with Gasteiger partial charge in [0.2, 0.25) is 15.9 Å². The zero-order valence-electron chi connectivity index (χ0n) is 12.2. The van der Waals surface area contributed by atoms with Crippen molar-refractivity contribution in [2.24, 2.45) is 0 Å². The van der Waals surface area contributed by atoms with Gasteiger partial charge in [-0.05, 0) is 32.9 Å². The van der Waals surface area contributed by atoms with Crippen molar-refractivity contribution in [3.8, 4) is 5.88 Å². The van der Waals surface area contributed by atoms with E-state index in [9.17, 15) is 8.42 Å². The monoisotopic (exact) mass is 302 g/mol. The zero-order chi connectivity index (χ0) is 15.4. The molecule has 0 spiro atoms. The van der Waals surface area contributed by atoms with E-state index in [1.54, 1.807) is 12.1 Å². The van der Waals surface area contributed by atoms with Crippen LogP contribution in [0, 0.1) is 0 Å². The quantitative estimate of drug-likeness (QED) is 0.671. The summed E-state index contributed by atoms with van der Waals surface area (Å²) in [5.74, 6) is 0.937. The summed E-state index contributed by atoms with van der Waals surface area (Å²) in [6.45, 7) is 6.41. The minimum absolute atomic E-state index is 0.278. The van der Waals surface area contributed by atoms with Crippen LogP contribution in [0.15, 0.2) is 12.1 Å². The fourth-order valence-corrected chi connectivity index (χ4v) is 1.82. The van der Waals surface area contributed by atoms with Gasteiger partial charge in [-0.2, -0.15) is 4.98 Å². The van der Waals surface area contributed by atoms with Crippen LogP contribution < -0.4 is 20.5 Å². The molecule has 8 heteroatoms. The molecule has 0 atom stereocenters. The number of anilines is 2. The van der Waals surface area contributed by atoms with Crippen LogP contribution in [0.25, 0.3) is 0 Å². The smallest absolute Gasteiger partial charge is 0.239 e. The normalized spacial score (nSPS) is 12.2. The molecule has 0 fully saturated rings. The lowest BCUT2D eigenvalue weighted by molar-refractivity contribution is 0.125. The van der Waals surface area contributed by atoms with Gasteiger partial charge in [-0.15, -0.1) is 0 Å². The van der Waals surface area contributed by atoms with Crippen molar-refractivity contribution in [1.82, 2.24) is 9.71 Å². The summed E-state index contributed by atoms with van der Waals surface area (Å²) in [6.07, 6.45) is 1.11. The number of nitrogens with two attached hydrogens (primary N) is 1. The van der Waals surface area contributed by atoms with Crippen LogP contribution in [0.2, 0.25) is 0 Å². The number of hydrogen-bond donors (Lipinski definition) is 3. The van der Waals surface area contributed by atoms with E-state index >= 15 is 0 Å². The molecule has 0 saturated carbocycles. The number of aromatic nitrogens is 1. The first-order chi connectivity index (χ1) is 9.07. The molecule has 1 aromatic heterocycles. The summed E-state index contributed by atoms with van der Waals surface area (Å²) >= 11 is 0. The van der Waals surface area contributed by atoms with Crippen LogP contribution in [-0.4, -0.2) is 38.3 Å². The Labute approximate surface area is 120 Å². The third-order valence-corrected chi connectivity index (χ3v) is 2.82. The number of ether oxygens (including phenoxy) is 1. The molecule has 0 aromatic carbocycles. The predicted molar refractivity (Wildman–Crippen MR) is 80.4 cm³/mol. The number of hydrogen-bond acceptors (Lipinski definition) is 6. The number of nitrogen functional groups attached to an aromatic ring is 1. The summed E-state index contributed by atoms with van der Waals surface area (Å²) in [4.78, 5) is 4.26. The second-order valence-corrected chi connectivity index (χ2v) is 7.23. The van der Waals surface area contributed by atoms with E-state index in [1.807, 2.05) is 20.8 Å². The van der Waals surface area contributed by atoms with Gasteiger partial charge in [0.15, 0.2) is 0 Å². The second kappa shape index (κ2) is 6.27. The molecule has 114 valence electrons. The Hall–Kier alpha value is -1.54. The lowest BCUT2D eigenvalue weighted by Gasteiger charge is -2.21. The number of pyridine rings is 1. The first-order valence-corrected chi connectivity index (χ1v) is 8.10. The fourth-order valence-electron chi connectivity index (χ4n) is 1.35. The van der Waals surface area contributed by atoms with Gasteiger partial charge >= 0.3 is 0 Å². The molecular formula is C12H22N4O3S. The Morgan fingerprint density at radius 1 is 1.30 bits per heavy atom. The zero-order valence-corrected chi connectivity index (χ0v) is 13.0. The molecule has 7 nitrogen and oxygen atoms in total. The molecule has 0 aliphatic carbocycles. The van der Waals surface area contributed by atoms with E-state index in [4.69, 9.17) is 10.5 Å². The van der Waals surface area contributed by atoms with E-state index < -0.39 is 15.6 Å². The van der Waals surface area contributed by atoms with Gasteiger partial charge < -0.3 is 15.8 Å². The number of nitrogens with zero attached hydrogens (tertiary/aromatic N) is 1. The molecule has 20 heavy (non-hydrogen) atoms. The molecule has 0 bridgehead atoms. The fraction of sp³-hybridized carbons (Fsp3) is 0.583. The largest absolute Gasteiger partial charge is 0.470 e. The van der Waals surface area contributed by atoms with Crippen LogP contribution >= 0.6 is 0 Å². The predicted octanol–water partition coefficient (Wildman–Crippen LogP) is 0.802. The van der Waals surface area contributed by atoms with Gasteiger partial charge in [-0.3, -0.25) is 0 Å². The van der Waals surface area contributed by atoms with Crippen LogP contribution in [0.3, 0.4) is 0 Å². The first kappa shape index (κ1) is 16.5. The Bertz CT molecular complexity index is 552. The molecule has 0 unspecified atom stereocenters. The third-order valence-electron chi connectivity index (χ3n) is 2.09. The highest BCUT2D eigenvalue weighted by molar-refractivity contribution is 7.88. The Kier molecular flexibility index (Phi) is 5.18. The highest BCUT2D eigenvalue weighted by Gasteiger charge is 2.15. The number of nitrogens with one attached hydrogen (secondary N) is 2. The highest BCUT2D eigenvalue weighted by atomic mass is 32.2. The molecule has 0 saturated heterocycles. The molecule has 1 heterocycles. The maximum atomic E-state index is 10.9. The summed E-state index contributed by atoms with van der Waals surface area (Å²) in [6, 6.07) is 3.41. The number of sulfonamides is 1. The van der Waals surface area contributed by atoms with Gasteiger partial charge in [0, 0.05) is 13.1 Å². The Morgan fingerprint density at radius 3 is 2.50 bits per heavy atom. The third kappa shape index (κ3) is 6.58. The van der Waals surface area contributed by atoms with Crippen molar-refractivity contribution in [2.45, 2.75) is 26.4 Å². The second-order valence-electron chi connectivity index (χ2n) is 5.40. The molecule has 4 N–H and O–H groups in total. The van der Waals surface area contributed by atoms with Crippen molar-refractivity contribution >= 4 is 21.5 Å². The molecule has 0 aliphatic rings. The van der Waals surface area contributed by atoms with Gasteiger partial charge in [0.1, 0.15) is 11.4 Å². The Balaban J connectivity index is 2.61. The lowest BCUT2D eigenvalue weighted by Crippen LogP contribution is -2.28. The number of rotatable bonds is 6. The molecule has 0 aliphatic heterocycles. The standard InChI is InChI=1S/C12H22N4O3S/c1-12(2,3)19-11-9(13)5-6-10(16-11)14-7-8-15-20(4,17)18/h5-6,15H,7-8,13H2,1-4H3,(H,14,16). The van der Waals surface area contributed by atoms with Gasteiger partial charge in [0.25, 0.3) is 0 Å². The summed E-state index contributed by atoms with van der Waals surface area (Å²) in [7, 11) is -3.17. The molecule has 0 amide bonds. The van der Waals surface area contributed by atoms with Crippen LogP contribution in [-0.2, 0) is 10.0 Å². The van der Waals surface area contributed by atoms with E-state index in [2.05, 4.69) is 15.0 Å². The first-order valence-electron chi connectivity index (χ1n) is 6.21. The average molecular weight is 302 g/mol. The minimum atomic E-state index is -3.17. The van der Waals surface area contributed by atoms with Gasteiger partial charge in [-0.1, -0.05) is 0 Å². The van der Waals surface area contributed by atoms with E-state index in [1.165, 1.54) is 0 Å². The van der Waals surface area contributed by atoms with E-state index in [0.29, 0.717) is 23.9 Å². The Morgan fingerprint density at radius 2 is 1.95 bits per heavy atom. The van der Waals surface area contributed by atoms with Gasteiger partial charge in [-0.25, -0.2) is 13.1 Å². The van der Waals surface area contributed by atoms with E-state index in [0.717, 1.165) is 6.26 Å². The maximum absolute atomic E-state index is 10.9. The molecular weight excluding hydrogens is 280 g/mol. The van der Waals surface area contributed by atoms with E-state index in [-0.39, 0.29) is 6.54 Å². The summed E-state index contributed by atoms with van der Waals surface area (Å²) in [5.41, 5.74) is 5.87.